The Morgan fingerprint density at radius 2 is 1.35 bits per heavy atom. The highest BCUT2D eigenvalue weighted by atomic mass is 35.5. The van der Waals surface area contributed by atoms with E-state index >= 15 is 0 Å². The maximum atomic E-state index is 6.03. The lowest BCUT2D eigenvalue weighted by Gasteiger charge is -2.35. The van der Waals surface area contributed by atoms with E-state index in [1.54, 1.807) is 0 Å². The van der Waals surface area contributed by atoms with Crippen LogP contribution in [-0.4, -0.2) is 18.0 Å². The maximum absolute atomic E-state index is 6.03. The number of hydrogen-bond donors (Lipinski definition) is 0. The first-order valence-corrected chi connectivity index (χ1v) is 7.77. The van der Waals surface area contributed by atoms with E-state index in [4.69, 9.17) is 11.6 Å². The van der Waals surface area contributed by atoms with E-state index in [-0.39, 0.29) is 0 Å². The van der Waals surface area contributed by atoms with Crippen molar-refractivity contribution in [3.05, 3.63) is 70.7 Å². The monoisotopic (exact) mass is 285 g/mol. The Morgan fingerprint density at radius 1 is 0.750 bits per heavy atom. The standard InChI is InChI=1S/C18H20ClN/c19-17-11-9-16(10-12-17)18(15-7-3-1-4-8-15)20-13-5-2-6-14-20/h1,3-4,7-12,18H,2,5-6,13-14H2/t18-/m1/s1. The summed E-state index contributed by atoms with van der Waals surface area (Å²) < 4.78 is 0. The molecule has 0 aromatic heterocycles. The quantitative estimate of drug-likeness (QED) is 0.774. The second-order valence-electron chi connectivity index (χ2n) is 5.46. The summed E-state index contributed by atoms with van der Waals surface area (Å²) in [6.45, 7) is 2.37. The third kappa shape index (κ3) is 3.05. The van der Waals surface area contributed by atoms with Crippen LogP contribution >= 0.6 is 11.6 Å². The lowest BCUT2D eigenvalue weighted by atomic mass is 9.95. The average Bonchev–Trinajstić information content (AvgIpc) is 2.52. The van der Waals surface area contributed by atoms with Crippen molar-refractivity contribution < 1.29 is 0 Å². The van der Waals surface area contributed by atoms with Crippen molar-refractivity contribution in [1.82, 2.24) is 4.90 Å². The number of halogens is 1. The summed E-state index contributed by atoms with van der Waals surface area (Å²) >= 11 is 6.03. The van der Waals surface area contributed by atoms with Gasteiger partial charge in [-0.1, -0.05) is 60.5 Å². The molecule has 1 heterocycles. The van der Waals surface area contributed by atoms with Crippen LogP contribution in [-0.2, 0) is 0 Å². The van der Waals surface area contributed by atoms with E-state index in [1.165, 1.54) is 43.5 Å². The lowest BCUT2D eigenvalue weighted by Crippen LogP contribution is -2.34. The largest absolute Gasteiger partial charge is 0.292 e. The number of likely N-dealkylation sites (tertiary alicyclic amines) is 1. The molecule has 0 N–H and O–H groups in total. The minimum absolute atomic E-state index is 0.355. The van der Waals surface area contributed by atoms with Crippen LogP contribution in [0.5, 0.6) is 0 Å². The second-order valence-corrected chi connectivity index (χ2v) is 5.90. The van der Waals surface area contributed by atoms with Crippen LogP contribution in [0.2, 0.25) is 5.02 Å². The molecular formula is C18H20ClN. The third-order valence-corrected chi connectivity index (χ3v) is 4.31. The predicted octanol–water partition coefficient (Wildman–Crippen LogP) is 4.92. The number of nitrogens with zero attached hydrogens (tertiary/aromatic N) is 1. The summed E-state index contributed by atoms with van der Waals surface area (Å²) in [5.41, 5.74) is 2.71. The Bertz CT molecular complexity index is 529. The molecule has 1 nitrogen and oxygen atoms in total. The summed E-state index contributed by atoms with van der Waals surface area (Å²) in [6, 6.07) is 19.5. The predicted molar refractivity (Wildman–Crippen MR) is 85.2 cm³/mol. The fraction of sp³-hybridized carbons (Fsp3) is 0.333. The van der Waals surface area contributed by atoms with E-state index in [2.05, 4.69) is 47.4 Å². The van der Waals surface area contributed by atoms with E-state index in [0.29, 0.717) is 6.04 Å². The van der Waals surface area contributed by atoms with Gasteiger partial charge in [0, 0.05) is 5.02 Å². The molecule has 0 radical (unpaired) electrons. The summed E-state index contributed by atoms with van der Waals surface area (Å²) in [6.07, 6.45) is 3.96. The van der Waals surface area contributed by atoms with Gasteiger partial charge >= 0.3 is 0 Å². The van der Waals surface area contributed by atoms with Gasteiger partial charge in [-0.05, 0) is 49.2 Å². The Hall–Kier alpha value is -1.31. The van der Waals surface area contributed by atoms with Gasteiger partial charge in [0.2, 0.25) is 0 Å². The van der Waals surface area contributed by atoms with Gasteiger partial charge in [0.05, 0.1) is 6.04 Å². The molecule has 0 aliphatic carbocycles. The number of hydrogen-bond acceptors (Lipinski definition) is 1. The van der Waals surface area contributed by atoms with Gasteiger partial charge in [0.25, 0.3) is 0 Å². The fourth-order valence-corrected chi connectivity index (χ4v) is 3.20. The van der Waals surface area contributed by atoms with Gasteiger partial charge in [-0.25, -0.2) is 0 Å². The molecule has 2 heteroatoms. The molecule has 1 fully saturated rings. The molecule has 0 amide bonds. The third-order valence-electron chi connectivity index (χ3n) is 4.06. The van der Waals surface area contributed by atoms with Crippen LogP contribution in [0.25, 0.3) is 0 Å². The molecule has 104 valence electrons. The zero-order valence-corrected chi connectivity index (χ0v) is 12.4. The molecule has 1 aliphatic rings. The molecule has 1 saturated heterocycles. The highest BCUT2D eigenvalue weighted by molar-refractivity contribution is 6.30. The molecule has 3 rings (SSSR count). The molecular weight excluding hydrogens is 266 g/mol. The summed E-state index contributed by atoms with van der Waals surface area (Å²) in [4.78, 5) is 2.60. The topological polar surface area (TPSA) is 3.24 Å². The first kappa shape index (κ1) is 13.7. The zero-order chi connectivity index (χ0) is 13.8. The minimum Gasteiger partial charge on any atom is -0.292 e. The molecule has 1 atom stereocenters. The Morgan fingerprint density at radius 3 is 2.00 bits per heavy atom. The van der Waals surface area contributed by atoms with Crippen molar-refractivity contribution in [3.8, 4) is 0 Å². The van der Waals surface area contributed by atoms with Crippen molar-refractivity contribution >= 4 is 11.6 Å². The van der Waals surface area contributed by atoms with E-state index in [9.17, 15) is 0 Å². The van der Waals surface area contributed by atoms with Crippen LogP contribution < -0.4 is 0 Å². The molecule has 2 aromatic carbocycles. The Kier molecular flexibility index (Phi) is 4.39. The average molecular weight is 286 g/mol. The normalized spacial score (nSPS) is 17.9. The molecule has 1 aliphatic heterocycles. The van der Waals surface area contributed by atoms with Gasteiger partial charge in [-0.2, -0.15) is 0 Å². The molecule has 0 spiro atoms. The van der Waals surface area contributed by atoms with Gasteiger partial charge in [0.1, 0.15) is 0 Å². The van der Waals surface area contributed by atoms with E-state index in [1.807, 2.05) is 12.1 Å². The minimum atomic E-state index is 0.355. The summed E-state index contributed by atoms with van der Waals surface area (Å²) in [7, 11) is 0. The summed E-state index contributed by atoms with van der Waals surface area (Å²) in [5, 5.41) is 0.805. The second kappa shape index (κ2) is 6.43. The van der Waals surface area contributed by atoms with Crippen LogP contribution in [0, 0.1) is 0 Å². The molecule has 20 heavy (non-hydrogen) atoms. The van der Waals surface area contributed by atoms with Gasteiger partial charge in [0.15, 0.2) is 0 Å². The molecule has 0 unspecified atom stereocenters. The number of rotatable bonds is 3. The highest BCUT2D eigenvalue weighted by Crippen LogP contribution is 2.31. The van der Waals surface area contributed by atoms with Gasteiger partial charge < -0.3 is 0 Å². The fourth-order valence-electron chi connectivity index (χ4n) is 3.07. The van der Waals surface area contributed by atoms with Crippen molar-refractivity contribution in [2.45, 2.75) is 25.3 Å². The molecule has 0 bridgehead atoms. The first-order chi connectivity index (χ1) is 9.84. The number of piperidine rings is 1. The molecule has 2 aromatic rings. The molecule has 0 saturated carbocycles. The van der Waals surface area contributed by atoms with E-state index in [0.717, 1.165) is 5.02 Å². The maximum Gasteiger partial charge on any atom is 0.0601 e. The Balaban J connectivity index is 1.96. The number of benzene rings is 2. The SMILES string of the molecule is Clc1ccc([C@@H](c2ccccc2)N2CCCCC2)cc1. The van der Waals surface area contributed by atoms with Crippen molar-refractivity contribution in [2.24, 2.45) is 0 Å². The first-order valence-electron chi connectivity index (χ1n) is 7.39. The van der Waals surface area contributed by atoms with Crippen LogP contribution in [0.15, 0.2) is 54.6 Å². The summed E-state index contributed by atoms with van der Waals surface area (Å²) in [5.74, 6) is 0. The zero-order valence-electron chi connectivity index (χ0n) is 11.6. The van der Waals surface area contributed by atoms with Crippen LogP contribution in [0.4, 0.5) is 0 Å². The van der Waals surface area contributed by atoms with Crippen molar-refractivity contribution in [1.29, 1.82) is 0 Å². The van der Waals surface area contributed by atoms with Gasteiger partial charge in [-0.3, -0.25) is 4.90 Å². The Labute approximate surface area is 126 Å². The van der Waals surface area contributed by atoms with Crippen molar-refractivity contribution in [2.75, 3.05) is 13.1 Å². The van der Waals surface area contributed by atoms with Gasteiger partial charge in [-0.15, -0.1) is 0 Å². The lowest BCUT2D eigenvalue weighted by molar-refractivity contribution is 0.187. The smallest absolute Gasteiger partial charge is 0.0601 e. The highest BCUT2D eigenvalue weighted by Gasteiger charge is 2.23. The van der Waals surface area contributed by atoms with Crippen molar-refractivity contribution in [3.63, 3.8) is 0 Å². The van der Waals surface area contributed by atoms with Crippen LogP contribution in [0.3, 0.4) is 0 Å². The van der Waals surface area contributed by atoms with Crippen LogP contribution in [0.1, 0.15) is 36.4 Å². The van der Waals surface area contributed by atoms with E-state index < -0.39 is 0 Å².